The van der Waals surface area contributed by atoms with Crippen LogP contribution in [0.1, 0.15) is 26.7 Å². The van der Waals surface area contributed by atoms with E-state index in [1.54, 1.807) is 7.11 Å². The number of hydrogen-bond acceptors (Lipinski definition) is 5. The molecule has 0 saturated heterocycles. The van der Waals surface area contributed by atoms with Crippen LogP contribution >= 0.6 is 15.9 Å². The predicted molar refractivity (Wildman–Crippen MR) is 129 cm³/mol. The number of benzene rings is 2. The second kappa shape index (κ2) is 11.2. The van der Waals surface area contributed by atoms with Crippen molar-refractivity contribution in [2.24, 2.45) is 0 Å². The molecule has 0 unspecified atom stereocenters. The maximum atomic E-state index is 12.4. The Balaban J connectivity index is 1.97. The standard InChI is InChI=1S/C24H29BrN4O2/c1-4-17(2)26-22(30)12-13-29(14-15-31-3)24-20-10-5-6-11-21(20)27-23(28-24)18-8-7-9-19(25)16-18/h5-11,16-17H,4,12-15H2,1-3H3,(H,26,30)/t17-/m1/s1. The highest BCUT2D eigenvalue weighted by molar-refractivity contribution is 9.10. The van der Waals surface area contributed by atoms with Crippen LogP contribution in [-0.2, 0) is 9.53 Å². The van der Waals surface area contributed by atoms with E-state index in [-0.39, 0.29) is 11.9 Å². The predicted octanol–water partition coefficient (Wildman–Crippen LogP) is 4.82. The molecule has 1 aromatic heterocycles. The smallest absolute Gasteiger partial charge is 0.221 e. The van der Waals surface area contributed by atoms with Crippen molar-refractivity contribution in [3.63, 3.8) is 0 Å². The van der Waals surface area contributed by atoms with E-state index in [1.807, 2.05) is 55.5 Å². The van der Waals surface area contributed by atoms with Crippen molar-refractivity contribution in [2.45, 2.75) is 32.7 Å². The van der Waals surface area contributed by atoms with Gasteiger partial charge < -0.3 is 15.0 Å². The molecule has 164 valence electrons. The molecule has 6 nitrogen and oxygen atoms in total. The summed E-state index contributed by atoms with van der Waals surface area (Å²) in [6.45, 7) is 5.79. The van der Waals surface area contributed by atoms with Crippen molar-refractivity contribution in [3.05, 3.63) is 53.0 Å². The van der Waals surface area contributed by atoms with Gasteiger partial charge in [0.1, 0.15) is 5.82 Å². The first-order chi connectivity index (χ1) is 15.0. The van der Waals surface area contributed by atoms with Gasteiger partial charge in [-0.2, -0.15) is 0 Å². The van der Waals surface area contributed by atoms with Gasteiger partial charge >= 0.3 is 0 Å². The van der Waals surface area contributed by atoms with E-state index >= 15 is 0 Å². The fourth-order valence-electron chi connectivity index (χ4n) is 3.27. The van der Waals surface area contributed by atoms with Crippen molar-refractivity contribution in [3.8, 4) is 11.4 Å². The molecule has 0 radical (unpaired) electrons. The van der Waals surface area contributed by atoms with Gasteiger partial charge in [0.2, 0.25) is 5.91 Å². The summed E-state index contributed by atoms with van der Waals surface area (Å²) in [5.41, 5.74) is 1.80. The van der Waals surface area contributed by atoms with Crippen molar-refractivity contribution in [2.75, 3.05) is 31.7 Å². The second-order valence-corrected chi connectivity index (χ2v) is 8.42. The quantitative estimate of drug-likeness (QED) is 0.446. The molecule has 0 bridgehead atoms. The molecular formula is C24H29BrN4O2. The number of amides is 1. The molecular weight excluding hydrogens is 456 g/mol. The minimum atomic E-state index is 0.0438. The number of rotatable bonds is 10. The number of ether oxygens (including phenoxy) is 1. The highest BCUT2D eigenvalue weighted by Crippen LogP contribution is 2.28. The molecule has 1 amide bonds. The number of aromatic nitrogens is 2. The average Bonchev–Trinajstić information content (AvgIpc) is 2.78. The number of para-hydroxylation sites is 1. The lowest BCUT2D eigenvalue weighted by Crippen LogP contribution is -2.36. The third kappa shape index (κ3) is 6.24. The number of anilines is 1. The van der Waals surface area contributed by atoms with Gasteiger partial charge in [0.05, 0.1) is 12.1 Å². The number of nitrogens with zero attached hydrogens (tertiary/aromatic N) is 3. The number of nitrogens with one attached hydrogen (secondary N) is 1. The van der Waals surface area contributed by atoms with E-state index in [1.165, 1.54) is 0 Å². The number of halogens is 1. The number of carbonyl (C=O) groups excluding carboxylic acids is 1. The van der Waals surface area contributed by atoms with E-state index in [9.17, 15) is 4.79 Å². The van der Waals surface area contributed by atoms with Gasteiger partial charge in [-0.05, 0) is 37.6 Å². The summed E-state index contributed by atoms with van der Waals surface area (Å²) in [4.78, 5) is 24.2. The molecule has 0 spiro atoms. The van der Waals surface area contributed by atoms with Crippen LogP contribution in [0.5, 0.6) is 0 Å². The molecule has 7 heteroatoms. The second-order valence-electron chi connectivity index (χ2n) is 7.50. The first-order valence-corrected chi connectivity index (χ1v) is 11.4. The van der Waals surface area contributed by atoms with E-state index in [2.05, 4.69) is 33.1 Å². The molecule has 0 aliphatic rings. The van der Waals surface area contributed by atoms with Crippen LogP contribution in [0.4, 0.5) is 5.82 Å². The normalized spacial score (nSPS) is 12.0. The topological polar surface area (TPSA) is 67.4 Å². The monoisotopic (exact) mass is 484 g/mol. The number of fused-ring (bicyclic) bond motifs is 1. The van der Waals surface area contributed by atoms with Gasteiger partial charge in [0.15, 0.2) is 5.82 Å². The highest BCUT2D eigenvalue weighted by atomic mass is 79.9. The molecule has 1 N–H and O–H groups in total. The Kier molecular flexibility index (Phi) is 8.37. The van der Waals surface area contributed by atoms with Gasteiger partial charge in [-0.15, -0.1) is 0 Å². The van der Waals surface area contributed by atoms with Crippen LogP contribution < -0.4 is 10.2 Å². The molecule has 0 fully saturated rings. The Morgan fingerprint density at radius 3 is 2.71 bits per heavy atom. The van der Waals surface area contributed by atoms with Crippen molar-refractivity contribution < 1.29 is 9.53 Å². The Morgan fingerprint density at radius 2 is 1.97 bits per heavy atom. The largest absolute Gasteiger partial charge is 0.383 e. The fraction of sp³-hybridized carbons (Fsp3) is 0.375. The van der Waals surface area contributed by atoms with E-state index in [4.69, 9.17) is 14.7 Å². The van der Waals surface area contributed by atoms with E-state index in [0.717, 1.165) is 33.2 Å². The Morgan fingerprint density at radius 1 is 1.16 bits per heavy atom. The lowest BCUT2D eigenvalue weighted by molar-refractivity contribution is -0.121. The Hall–Kier alpha value is -2.51. The van der Waals surface area contributed by atoms with Crippen LogP contribution in [0.15, 0.2) is 53.0 Å². The molecule has 0 aliphatic carbocycles. The number of hydrogen-bond donors (Lipinski definition) is 1. The molecule has 31 heavy (non-hydrogen) atoms. The highest BCUT2D eigenvalue weighted by Gasteiger charge is 2.17. The minimum Gasteiger partial charge on any atom is -0.383 e. The zero-order valence-electron chi connectivity index (χ0n) is 18.3. The molecule has 3 aromatic rings. The zero-order valence-corrected chi connectivity index (χ0v) is 19.9. The van der Waals surface area contributed by atoms with Crippen molar-refractivity contribution in [1.29, 1.82) is 0 Å². The molecule has 2 aromatic carbocycles. The summed E-state index contributed by atoms with van der Waals surface area (Å²) in [6.07, 6.45) is 1.30. The summed E-state index contributed by atoms with van der Waals surface area (Å²) < 4.78 is 6.31. The molecule has 0 aliphatic heterocycles. The lowest BCUT2D eigenvalue weighted by atomic mass is 10.1. The van der Waals surface area contributed by atoms with Crippen LogP contribution in [0, 0.1) is 0 Å². The summed E-state index contributed by atoms with van der Waals surface area (Å²) in [7, 11) is 1.68. The van der Waals surface area contributed by atoms with E-state index < -0.39 is 0 Å². The van der Waals surface area contributed by atoms with Crippen LogP contribution in [0.2, 0.25) is 0 Å². The first kappa shape index (κ1) is 23.2. The Labute approximate surface area is 192 Å². The van der Waals surface area contributed by atoms with Crippen molar-refractivity contribution >= 4 is 38.6 Å². The molecule has 1 heterocycles. The fourth-order valence-corrected chi connectivity index (χ4v) is 3.67. The molecule has 0 saturated carbocycles. The van der Waals surface area contributed by atoms with E-state index in [0.29, 0.717) is 31.9 Å². The molecule has 1 atom stereocenters. The summed E-state index contributed by atoms with van der Waals surface area (Å²) in [6, 6.07) is 16.1. The maximum Gasteiger partial charge on any atom is 0.221 e. The third-order valence-electron chi connectivity index (χ3n) is 5.16. The minimum absolute atomic E-state index is 0.0438. The Bertz CT molecular complexity index is 1030. The zero-order chi connectivity index (χ0) is 22.2. The van der Waals surface area contributed by atoms with Gasteiger partial charge in [-0.1, -0.05) is 47.1 Å². The number of methoxy groups -OCH3 is 1. The summed E-state index contributed by atoms with van der Waals surface area (Å²) in [5.74, 6) is 1.51. The van der Waals surface area contributed by atoms with Crippen LogP contribution in [-0.4, -0.2) is 48.7 Å². The third-order valence-corrected chi connectivity index (χ3v) is 5.65. The van der Waals surface area contributed by atoms with Crippen LogP contribution in [0.3, 0.4) is 0 Å². The van der Waals surface area contributed by atoms with Gasteiger partial charge in [0, 0.05) is 48.1 Å². The van der Waals surface area contributed by atoms with Crippen molar-refractivity contribution in [1.82, 2.24) is 15.3 Å². The number of carbonyl (C=O) groups is 1. The SMILES string of the molecule is CC[C@@H](C)NC(=O)CCN(CCOC)c1nc(-c2cccc(Br)c2)nc2ccccc12. The van der Waals surface area contributed by atoms with Gasteiger partial charge in [-0.3, -0.25) is 4.79 Å². The summed E-state index contributed by atoms with van der Waals surface area (Å²) >= 11 is 3.53. The first-order valence-electron chi connectivity index (χ1n) is 10.6. The molecule has 3 rings (SSSR count). The van der Waals surface area contributed by atoms with Gasteiger partial charge in [-0.25, -0.2) is 9.97 Å². The lowest BCUT2D eigenvalue weighted by Gasteiger charge is -2.25. The van der Waals surface area contributed by atoms with Crippen LogP contribution in [0.25, 0.3) is 22.3 Å². The summed E-state index contributed by atoms with van der Waals surface area (Å²) in [5, 5.41) is 4.00. The average molecular weight is 485 g/mol. The van der Waals surface area contributed by atoms with Gasteiger partial charge in [0.25, 0.3) is 0 Å². The maximum absolute atomic E-state index is 12.4.